The van der Waals surface area contributed by atoms with Gasteiger partial charge in [-0.3, -0.25) is 9.59 Å². The van der Waals surface area contributed by atoms with Gasteiger partial charge in [0.05, 0.1) is 12.0 Å². The maximum absolute atomic E-state index is 11.9. The average molecular weight is 360 g/mol. The van der Waals surface area contributed by atoms with Crippen molar-refractivity contribution >= 4 is 11.8 Å². The predicted octanol–water partition coefficient (Wildman–Crippen LogP) is 3.83. The van der Waals surface area contributed by atoms with Crippen LogP contribution in [-0.4, -0.2) is 28.1 Å². The molecule has 0 amide bonds. The Hall–Kier alpha value is -1.16. The first-order valence-electron chi connectivity index (χ1n) is 10.3. The number of aliphatic hydroxyl groups excluding tert-OH is 1. The van der Waals surface area contributed by atoms with Crippen LogP contribution in [0.4, 0.5) is 0 Å². The molecule has 4 aliphatic carbocycles. The number of rotatable bonds is 2. The van der Waals surface area contributed by atoms with Crippen molar-refractivity contribution in [3.8, 4) is 0 Å². The smallest absolute Gasteiger partial charge is 0.306 e. The quantitative estimate of drug-likeness (QED) is 0.785. The lowest BCUT2D eigenvalue weighted by Gasteiger charge is -2.60. The maximum atomic E-state index is 11.9. The van der Waals surface area contributed by atoms with Gasteiger partial charge in [-0.2, -0.15) is 0 Å². The van der Waals surface area contributed by atoms with Crippen LogP contribution >= 0.6 is 0 Å². The molecule has 0 saturated heterocycles. The standard InChI is InChI=1S/C22H32O4/c1-12(20(25)26)16-6-7-17-15-5-4-13-10-14(23)8-9-21(13,2)18(15)11-19(24)22(16,17)3/h10,12,15-19,24H,4-9,11H2,1-3H3,(H,25,26)/t12-,15-,16+,17-,18-,19-,21-,22+/m0/s1. The van der Waals surface area contributed by atoms with Gasteiger partial charge < -0.3 is 10.2 Å². The summed E-state index contributed by atoms with van der Waals surface area (Å²) in [6, 6.07) is 0. The van der Waals surface area contributed by atoms with E-state index in [1.54, 1.807) is 0 Å². The van der Waals surface area contributed by atoms with E-state index in [9.17, 15) is 19.8 Å². The molecule has 0 bridgehead atoms. The first-order chi connectivity index (χ1) is 12.2. The van der Waals surface area contributed by atoms with Crippen molar-refractivity contribution in [2.45, 2.75) is 71.8 Å². The number of carbonyl (C=O) groups excluding carboxylic acids is 1. The third kappa shape index (κ3) is 2.30. The van der Waals surface area contributed by atoms with Crippen LogP contribution < -0.4 is 0 Å². The van der Waals surface area contributed by atoms with Crippen molar-refractivity contribution in [2.75, 3.05) is 0 Å². The van der Waals surface area contributed by atoms with E-state index in [0.29, 0.717) is 24.2 Å². The molecule has 144 valence electrons. The number of carboxylic acid groups (broad SMARTS) is 1. The first-order valence-corrected chi connectivity index (χ1v) is 10.3. The lowest BCUT2D eigenvalue weighted by molar-refractivity contribution is -0.157. The van der Waals surface area contributed by atoms with Crippen LogP contribution in [0.15, 0.2) is 11.6 Å². The summed E-state index contributed by atoms with van der Waals surface area (Å²) in [4.78, 5) is 23.6. The fourth-order valence-corrected chi connectivity index (χ4v) is 7.55. The van der Waals surface area contributed by atoms with Gasteiger partial charge in [-0.15, -0.1) is 0 Å². The van der Waals surface area contributed by atoms with E-state index in [4.69, 9.17) is 0 Å². The monoisotopic (exact) mass is 360 g/mol. The summed E-state index contributed by atoms with van der Waals surface area (Å²) in [5.41, 5.74) is 1.05. The third-order valence-corrected chi connectivity index (χ3v) is 9.13. The van der Waals surface area contributed by atoms with Crippen molar-refractivity contribution in [3.05, 3.63) is 11.6 Å². The highest BCUT2D eigenvalue weighted by Crippen LogP contribution is 2.67. The van der Waals surface area contributed by atoms with Crippen molar-refractivity contribution < 1.29 is 19.8 Å². The van der Waals surface area contributed by atoms with Crippen molar-refractivity contribution in [1.29, 1.82) is 0 Å². The third-order valence-electron chi connectivity index (χ3n) is 9.13. The number of hydrogen-bond donors (Lipinski definition) is 2. The largest absolute Gasteiger partial charge is 0.481 e. The SMILES string of the molecule is C[C@H](C(=O)O)[C@H]1CC[C@H]2[C@@H]3CCC4=CC(=O)CC[C@]4(C)[C@H]3C[C@H](O)[C@]12C. The molecule has 3 fully saturated rings. The molecule has 3 saturated carbocycles. The average Bonchev–Trinajstić information content (AvgIpc) is 2.94. The van der Waals surface area contributed by atoms with Gasteiger partial charge in [-0.1, -0.05) is 26.3 Å². The number of carboxylic acids is 1. The number of carbonyl (C=O) groups is 2. The Kier molecular flexibility index (Phi) is 4.15. The fraction of sp³-hybridized carbons (Fsp3) is 0.818. The minimum atomic E-state index is -0.738. The molecule has 4 aliphatic rings. The summed E-state index contributed by atoms with van der Waals surface area (Å²) >= 11 is 0. The van der Waals surface area contributed by atoms with Crippen molar-refractivity contribution in [2.24, 2.45) is 40.4 Å². The van der Waals surface area contributed by atoms with Crippen LogP contribution in [0.25, 0.3) is 0 Å². The van der Waals surface area contributed by atoms with E-state index in [2.05, 4.69) is 13.8 Å². The summed E-state index contributed by atoms with van der Waals surface area (Å²) in [6.45, 7) is 6.28. The topological polar surface area (TPSA) is 74.6 Å². The molecule has 0 spiro atoms. The van der Waals surface area contributed by atoms with Crippen molar-refractivity contribution in [3.63, 3.8) is 0 Å². The first kappa shape index (κ1) is 18.2. The van der Waals surface area contributed by atoms with Crippen LogP contribution in [0.1, 0.15) is 65.7 Å². The molecule has 4 heteroatoms. The van der Waals surface area contributed by atoms with Gasteiger partial charge in [-0.05, 0) is 73.7 Å². The van der Waals surface area contributed by atoms with E-state index < -0.39 is 18.0 Å². The highest BCUT2D eigenvalue weighted by Gasteiger charge is 2.63. The molecule has 0 aromatic carbocycles. The lowest BCUT2D eigenvalue weighted by Crippen LogP contribution is -2.57. The summed E-state index contributed by atoms with van der Waals surface area (Å²) in [5.74, 6) is 0.536. The molecule has 0 aromatic rings. The Morgan fingerprint density at radius 3 is 2.62 bits per heavy atom. The zero-order chi connectivity index (χ0) is 18.9. The number of fused-ring (bicyclic) bond motifs is 5. The Morgan fingerprint density at radius 2 is 1.92 bits per heavy atom. The van der Waals surface area contributed by atoms with Crippen LogP contribution in [0, 0.1) is 40.4 Å². The van der Waals surface area contributed by atoms with Crippen LogP contribution in [-0.2, 0) is 9.59 Å². The number of aliphatic carboxylic acids is 1. The molecule has 4 nitrogen and oxygen atoms in total. The Labute approximate surface area is 156 Å². The van der Waals surface area contributed by atoms with E-state index >= 15 is 0 Å². The second-order valence-electron chi connectivity index (χ2n) is 9.90. The van der Waals surface area contributed by atoms with Crippen LogP contribution in [0.3, 0.4) is 0 Å². The number of aliphatic hydroxyl groups is 1. The fourth-order valence-electron chi connectivity index (χ4n) is 7.55. The molecule has 4 rings (SSSR count). The summed E-state index contributed by atoms with van der Waals surface area (Å²) < 4.78 is 0. The number of hydrogen-bond acceptors (Lipinski definition) is 3. The molecule has 0 aliphatic heterocycles. The van der Waals surface area contributed by atoms with Gasteiger partial charge in [-0.25, -0.2) is 0 Å². The molecule has 0 radical (unpaired) electrons. The predicted molar refractivity (Wildman–Crippen MR) is 98.4 cm³/mol. The number of allylic oxidation sites excluding steroid dienone is 1. The minimum Gasteiger partial charge on any atom is -0.481 e. The van der Waals surface area contributed by atoms with E-state index in [1.165, 1.54) is 5.57 Å². The van der Waals surface area contributed by atoms with Crippen LogP contribution in [0.2, 0.25) is 0 Å². The molecule has 0 aromatic heterocycles. The summed E-state index contributed by atoms with van der Waals surface area (Å²) in [5, 5.41) is 20.8. The molecule has 0 unspecified atom stereocenters. The lowest BCUT2D eigenvalue weighted by atomic mass is 9.45. The second kappa shape index (κ2) is 5.92. The zero-order valence-electron chi connectivity index (χ0n) is 16.2. The van der Waals surface area contributed by atoms with Crippen LogP contribution in [0.5, 0.6) is 0 Å². The Balaban J connectivity index is 1.69. The van der Waals surface area contributed by atoms with E-state index in [-0.39, 0.29) is 22.5 Å². The van der Waals surface area contributed by atoms with Gasteiger partial charge >= 0.3 is 5.97 Å². The minimum absolute atomic E-state index is 0.0373. The van der Waals surface area contributed by atoms with E-state index in [1.807, 2.05) is 13.0 Å². The molecular weight excluding hydrogens is 328 g/mol. The zero-order valence-corrected chi connectivity index (χ0v) is 16.2. The van der Waals surface area contributed by atoms with Gasteiger partial charge in [0.2, 0.25) is 0 Å². The molecule has 0 heterocycles. The maximum Gasteiger partial charge on any atom is 0.306 e. The highest BCUT2D eigenvalue weighted by atomic mass is 16.4. The number of ketones is 1. The van der Waals surface area contributed by atoms with E-state index in [0.717, 1.165) is 38.5 Å². The normalized spacial score (nSPS) is 48.8. The molecular formula is C22H32O4. The molecule has 2 N–H and O–H groups in total. The van der Waals surface area contributed by atoms with Gasteiger partial charge in [0, 0.05) is 11.8 Å². The molecule has 8 atom stereocenters. The van der Waals surface area contributed by atoms with Gasteiger partial charge in [0.15, 0.2) is 5.78 Å². The molecule has 26 heavy (non-hydrogen) atoms. The highest BCUT2D eigenvalue weighted by molar-refractivity contribution is 5.91. The Morgan fingerprint density at radius 1 is 1.19 bits per heavy atom. The second-order valence-corrected chi connectivity index (χ2v) is 9.90. The van der Waals surface area contributed by atoms with Crippen molar-refractivity contribution in [1.82, 2.24) is 0 Å². The van der Waals surface area contributed by atoms with Gasteiger partial charge in [0.1, 0.15) is 0 Å². The summed E-state index contributed by atoms with van der Waals surface area (Å²) in [6.07, 6.45) is 7.75. The van der Waals surface area contributed by atoms with Gasteiger partial charge in [0.25, 0.3) is 0 Å². The Bertz CT molecular complexity index is 667. The summed E-state index contributed by atoms with van der Waals surface area (Å²) in [7, 11) is 0.